The van der Waals surface area contributed by atoms with E-state index in [0.29, 0.717) is 0 Å². The van der Waals surface area contributed by atoms with Crippen LogP contribution in [0.3, 0.4) is 0 Å². The minimum absolute atomic E-state index is 0.0758. The van der Waals surface area contributed by atoms with Crippen LogP contribution in [0, 0.1) is 5.41 Å². The lowest BCUT2D eigenvalue weighted by Gasteiger charge is -2.05. The topological polar surface area (TPSA) is 82.1 Å². The van der Waals surface area contributed by atoms with Crippen molar-refractivity contribution < 1.29 is 5.11 Å². The Labute approximate surface area is 83.3 Å². The van der Waals surface area contributed by atoms with E-state index in [-0.39, 0.29) is 12.4 Å². The highest BCUT2D eigenvalue weighted by Crippen LogP contribution is 2.08. The Bertz CT molecular complexity index is 295. The van der Waals surface area contributed by atoms with Crippen LogP contribution < -0.4 is 11.1 Å². The standard InChI is InChI=1S/C10H15N3O/c11-10(12)8-2-4-9(5-3-8)13-6-1-7-14/h2-5,13-14H,1,6-7H2,(H3,11,12). The summed E-state index contributed by atoms with van der Waals surface area (Å²) < 4.78 is 0. The number of rotatable bonds is 5. The van der Waals surface area contributed by atoms with E-state index in [9.17, 15) is 0 Å². The van der Waals surface area contributed by atoms with Gasteiger partial charge in [0.1, 0.15) is 5.84 Å². The molecule has 4 heteroatoms. The van der Waals surface area contributed by atoms with Gasteiger partial charge in [-0.3, -0.25) is 5.41 Å². The van der Waals surface area contributed by atoms with Crippen molar-refractivity contribution in [3.63, 3.8) is 0 Å². The molecule has 0 aliphatic carbocycles. The van der Waals surface area contributed by atoms with E-state index in [1.807, 2.05) is 12.1 Å². The zero-order valence-corrected chi connectivity index (χ0v) is 7.96. The SMILES string of the molecule is N=C(N)c1ccc(NCCCO)cc1. The second-order valence-corrected chi connectivity index (χ2v) is 2.99. The molecule has 14 heavy (non-hydrogen) atoms. The van der Waals surface area contributed by atoms with Crippen LogP contribution in [-0.2, 0) is 0 Å². The summed E-state index contributed by atoms with van der Waals surface area (Å²) in [5, 5.41) is 18.9. The third-order valence-corrected chi connectivity index (χ3v) is 1.86. The molecule has 0 aliphatic heterocycles. The van der Waals surface area contributed by atoms with Crippen LogP contribution in [0.4, 0.5) is 5.69 Å². The second-order valence-electron chi connectivity index (χ2n) is 2.99. The zero-order valence-electron chi connectivity index (χ0n) is 7.96. The molecule has 0 fully saturated rings. The smallest absolute Gasteiger partial charge is 0.122 e. The lowest BCUT2D eigenvalue weighted by atomic mass is 10.2. The molecule has 0 aromatic heterocycles. The highest BCUT2D eigenvalue weighted by molar-refractivity contribution is 5.95. The average molecular weight is 193 g/mol. The molecule has 4 nitrogen and oxygen atoms in total. The van der Waals surface area contributed by atoms with Gasteiger partial charge < -0.3 is 16.2 Å². The number of benzene rings is 1. The lowest BCUT2D eigenvalue weighted by molar-refractivity contribution is 0.292. The molecule has 0 aliphatic rings. The van der Waals surface area contributed by atoms with Gasteiger partial charge in [-0.15, -0.1) is 0 Å². The fraction of sp³-hybridized carbons (Fsp3) is 0.300. The van der Waals surface area contributed by atoms with Crippen molar-refractivity contribution in [2.75, 3.05) is 18.5 Å². The Balaban J connectivity index is 2.51. The van der Waals surface area contributed by atoms with Gasteiger partial charge in [0.05, 0.1) is 0 Å². The molecule has 0 heterocycles. The number of hydrogen-bond acceptors (Lipinski definition) is 3. The Kier molecular flexibility index (Phi) is 3.94. The number of aliphatic hydroxyl groups excluding tert-OH is 1. The maximum atomic E-state index is 8.58. The molecular formula is C10H15N3O. The minimum atomic E-state index is 0.0758. The predicted octanol–water partition coefficient (Wildman–Crippen LogP) is 0.765. The van der Waals surface area contributed by atoms with Crippen molar-refractivity contribution in [1.82, 2.24) is 0 Å². The minimum Gasteiger partial charge on any atom is -0.396 e. The summed E-state index contributed by atoms with van der Waals surface area (Å²) in [6.07, 6.45) is 0.731. The first-order valence-corrected chi connectivity index (χ1v) is 4.53. The number of hydrogen-bond donors (Lipinski definition) is 4. The molecule has 0 bridgehead atoms. The molecule has 0 atom stereocenters. The van der Waals surface area contributed by atoms with Gasteiger partial charge in [-0.1, -0.05) is 0 Å². The molecule has 0 radical (unpaired) electrons. The van der Waals surface area contributed by atoms with Crippen LogP contribution in [0.25, 0.3) is 0 Å². The van der Waals surface area contributed by atoms with E-state index in [4.69, 9.17) is 16.2 Å². The maximum Gasteiger partial charge on any atom is 0.122 e. The average Bonchev–Trinajstić information content (AvgIpc) is 2.19. The first-order chi connectivity index (χ1) is 6.74. The third kappa shape index (κ3) is 3.06. The Morgan fingerprint density at radius 3 is 2.50 bits per heavy atom. The van der Waals surface area contributed by atoms with Crippen molar-refractivity contribution in [2.45, 2.75) is 6.42 Å². The highest BCUT2D eigenvalue weighted by atomic mass is 16.3. The van der Waals surface area contributed by atoms with E-state index in [1.165, 1.54) is 0 Å². The molecule has 0 saturated heterocycles. The number of aliphatic hydroxyl groups is 1. The molecule has 1 aromatic rings. The number of nitrogens with two attached hydrogens (primary N) is 1. The third-order valence-electron chi connectivity index (χ3n) is 1.86. The molecule has 0 amide bonds. The van der Waals surface area contributed by atoms with E-state index >= 15 is 0 Å². The van der Waals surface area contributed by atoms with Crippen molar-refractivity contribution in [3.8, 4) is 0 Å². The fourth-order valence-corrected chi connectivity index (χ4v) is 1.08. The molecule has 0 saturated carbocycles. The highest BCUT2D eigenvalue weighted by Gasteiger charge is 1.95. The van der Waals surface area contributed by atoms with Crippen molar-refractivity contribution >= 4 is 11.5 Å². The Hall–Kier alpha value is -1.55. The van der Waals surface area contributed by atoms with Gasteiger partial charge in [0.25, 0.3) is 0 Å². The van der Waals surface area contributed by atoms with Crippen molar-refractivity contribution in [1.29, 1.82) is 5.41 Å². The van der Waals surface area contributed by atoms with Crippen molar-refractivity contribution in [3.05, 3.63) is 29.8 Å². The van der Waals surface area contributed by atoms with E-state index in [1.54, 1.807) is 12.1 Å². The molecule has 1 rings (SSSR count). The normalized spacial score (nSPS) is 9.79. The predicted molar refractivity (Wildman–Crippen MR) is 57.7 cm³/mol. The number of nitrogen functional groups attached to an aromatic ring is 1. The van der Waals surface area contributed by atoms with Crippen LogP contribution in [0.15, 0.2) is 24.3 Å². The van der Waals surface area contributed by atoms with Gasteiger partial charge in [0.2, 0.25) is 0 Å². The van der Waals surface area contributed by atoms with Crippen molar-refractivity contribution in [2.24, 2.45) is 5.73 Å². The number of amidine groups is 1. The molecular weight excluding hydrogens is 178 g/mol. The Morgan fingerprint density at radius 2 is 2.00 bits per heavy atom. The first-order valence-electron chi connectivity index (χ1n) is 4.53. The van der Waals surface area contributed by atoms with Gasteiger partial charge in [-0.25, -0.2) is 0 Å². The van der Waals surface area contributed by atoms with E-state index < -0.39 is 0 Å². The largest absolute Gasteiger partial charge is 0.396 e. The van der Waals surface area contributed by atoms with Gasteiger partial charge in [0, 0.05) is 24.4 Å². The lowest BCUT2D eigenvalue weighted by Crippen LogP contribution is -2.11. The summed E-state index contributed by atoms with van der Waals surface area (Å²) in [5.74, 6) is 0.0758. The summed E-state index contributed by atoms with van der Waals surface area (Å²) >= 11 is 0. The van der Waals surface area contributed by atoms with Gasteiger partial charge in [-0.2, -0.15) is 0 Å². The maximum absolute atomic E-state index is 8.58. The van der Waals surface area contributed by atoms with Gasteiger partial charge >= 0.3 is 0 Å². The molecule has 76 valence electrons. The quantitative estimate of drug-likeness (QED) is 0.316. The number of nitrogens with one attached hydrogen (secondary N) is 2. The molecule has 0 unspecified atom stereocenters. The van der Waals surface area contributed by atoms with E-state index in [2.05, 4.69) is 5.32 Å². The zero-order chi connectivity index (χ0) is 10.4. The summed E-state index contributed by atoms with van der Waals surface area (Å²) in [6.45, 7) is 0.939. The van der Waals surface area contributed by atoms with Crippen LogP contribution in [0.5, 0.6) is 0 Å². The van der Waals surface area contributed by atoms with Gasteiger partial charge in [0.15, 0.2) is 0 Å². The Morgan fingerprint density at radius 1 is 1.36 bits per heavy atom. The van der Waals surface area contributed by atoms with Gasteiger partial charge in [-0.05, 0) is 30.7 Å². The molecule has 0 spiro atoms. The van der Waals surface area contributed by atoms with Crippen LogP contribution in [0.2, 0.25) is 0 Å². The first kappa shape index (κ1) is 10.5. The second kappa shape index (κ2) is 5.24. The van der Waals surface area contributed by atoms with E-state index in [0.717, 1.165) is 24.2 Å². The number of anilines is 1. The molecule has 5 N–H and O–H groups in total. The monoisotopic (exact) mass is 193 g/mol. The summed E-state index contributed by atoms with van der Waals surface area (Å²) in [4.78, 5) is 0. The summed E-state index contributed by atoms with van der Waals surface area (Å²) in [6, 6.07) is 7.33. The molecule has 1 aromatic carbocycles. The van der Waals surface area contributed by atoms with Crippen LogP contribution >= 0.6 is 0 Å². The van der Waals surface area contributed by atoms with Crippen LogP contribution in [-0.4, -0.2) is 24.1 Å². The van der Waals surface area contributed by atoms with Crippen LogP contribution in [0.1, 0.15) is 12.0 Å². The fourth-order valence-electron chi connectivity index (χ4n) is 1.08. The summed E-state index contributed by atoms with van der Waals surface area (Å²) in [7, 11) is 0. The summed E-state index contributed by atoms with van der Waals surface area (Å²) in [5.41, 5.74) is 7.01.